The molecule has 0 amide bonds. The first-order valence-electron chi connectivity index (χ1n) is 8.01. The number of ether oxygens (including phenoxy) is 1. The molecule has 3 heterocycles. The predicted octanol–water partition coefficient (Wildman–Crippen LogP) is 4.63. The normalized spacial score (nSPS) is 10.6. The van der Waals surface area contributed by atoms with E-state index in [1.165, 1.54) is 6.33 Å². The van der Waals surface area contributed by atoms with Crippen molar-refractivity contribution in [3.63, 3.8) is 0 Å². The van der Waals surface area contributed by atoms with E-state index in [1.54, 1.807) is 48.9 Å². The van der Waals surface area contributed by atoms with Gasteiger partial charge in [0.05, 0.1) is 4.92 Å². The van der Waals surface area contributed by atoms with E-state index in [0.29, 0.717) is 17.0 Å². The third-order valence-electron chi connectivity index (χ3n) is 3.80. The van der Waals surface area contributed by atoms with Crippen molar-refractivity contribution in [3.8, 4) is 11.6 Å². The molecule has 9 nitrogen and oxygen atoms in total. The summed E-state index contributed by atoms with van der Waals surface area (Å²) in [6.07, 6.45) is 5.94. The molecule has 28 heavy (non-hydrogen) atoms. The number of benzene rings is 1. The molecule has 0 aliphatic rings. The Labute approximate surface area is 166 Å². The summed E-state index contributed by atoms with van der Waals surface area (Å²) >= 11 is 3.46. The highest BCUT2D eigenvalue weighted by atomic mass is 79.9. The Bertz CT molecular complexity index is 1170. The zero-order chi connectivity index (χ0) is 19.5. The van der Waals surface area contributed by atoms with E-state index in [9.17, 15) is 10.1 Å². The number of nitrogens with one attached hydrogen (secondary N) is 1. The van der Waals surface area contributed by atoms with Crippen LogP contribution < -0.4 is 10.1 Å². The lowest BCUT2D eigenvalue weighted by Crippen LogP contribution is -2.04. The minimum Gasteiger partial charge on any atom is -0.431 e. The Balaban J connectivity index is 1.78. The van der Waals surface area contributed by atoms with Crippen LogP contribution in [0.3, 0.4) is 0 Å². The van der Waals surface area contributed by atoms with Gasteiger partial charge in [-0.3, -0.25) is 20.1 Å². The maximum atomic E-state index is 11.7. The number of nitrogens with zero attached hydrogens (tertiary/aromatic N) is 5. The van der Waals surface area contributed by atoms with E-state index in [-0.39, 0.29) is 17.4 Å². The van der Waals surface area contributed by atoms with Crippen molar-refractivity contribution in [1.29, 1.82) is 0 Å². The third-order valence-corrected chi connectivity index (χ3v) is 4.49. The molecular weight excluding hydrogens is 428 g/mol. The van der Waals surface area contributed by atoms with Crippen LogP contribution in [0.4, 0.5) is 17.2 Å². The van der Waals surface area contributed by atoms with Crippen molar-refractivity contribution < 1.29 is 9.66 Å². The van der Waals surface area contributed by atoms with Gasteiger partial charge in [0.2, 0.25) is 5.82 Å². The van der Waals surface area contributed by atoms with Crippen molar-refractivity contribution >= 4 is 44.0 Å². The van der Waals surface area contributed by atoms with Crippen LogP contribution in [-0.2, 0) is 0 Å². The van der Waals surface area contributed by atoms with Crippen molar-refractivity contribution in [2.45, 2.75) is 0 Å². The number of halogens is 1. The zero-order valence-corrected chi connectivity index (χ0v) is 15.7. The van der Waals surface area contributed by atoms with Crippen LogP contribution in [0.15, 0.2) is 65.8 Å². The molecule has 0 saturated heterocycles. The van der Waals surface area contributed by atoms with E-state index in [4.69, 9.17) is 4.74 Å². The number of hydrogen-bond acceptors (Lipinski definition) is 8. The van der Waals surface area contributed by atoms with E-state index in [0.717, 1.165) is 9.86 Å². The van der Waals surface area contributed by atoms with Crippen LogP contribution in [-0.4, -0.2) is 24.9 Å². The molecule has 0 spiro atoms. The van der Waals surface area contributed by atoms with Crippen LogP contribution in [0.1, 0.15) is 0 Å². The average molecular weight is 439 g/mol. The fourth-order valence-corrected chi connectivity index (χ4v) is 3.02. The highest BCUT2D eigenvalue weighted by Gasteiger charge is 2.26. The molecule has 10 heteroatoms. The fraction of sp³-hybridized carbons (Fsp3) is 0. The van der Waals surface area contributed by atoms with Crippen molar-refractivity contribution in [2.24, 2.45) is 0 Å². The molecule has 0 atom stereocenters. The number of aromatic nitrogens is 4. The molecule has 0 aliphatic carbocycles. The first kappa shape index (κ1) is 17.7. The highest BCUT2D eigenvalue weighted by molar-refractivity contribution is 9.10. The first-order chi connectivity index (χ1) is 13.6. The number of pyridine rings is 2. The molecule has 3 aromatic heterocycles. The molecule has 0 saturated carbocycles. The van der Waals surface area contributed by atoms with Crippen molar-refractivity contribution in [3.05, 3.63) is 75.9 Å². The van der Waals surface area contributed by atoms with E-state index in [2.05, 4.69) is 41.2 Å². The summed E-state index contributed by atoms with van der Waals surface area (Å²) in [4.78, 5) is 27.3. The minimum atomic E-state index is -0.590. The average Bonchev–Trinajstić information content (AvgIpc) is 2.71. The van der Waals surface area contributed by atoms with Crippen LogP contribution >= 0.6 is 15.9 Å². The van der Waals surface area contributed by atoms with Crippen LogP contribution in [0.2, 0.25) is 0 Å². The molecule has 0 aliphatic heterocycles. The summed E-state index contributed by atoms with van der Waals surface area (Å²) in [6.45, 7) is 0. The Morgan fingerprint density at radius 2 is 1.86 bits per heavy atom. The van der Waals surface area contributed by atoms with Gasteiger partial charge in [0, 0.05) is 34.1 Å². The maximum Gasteiger partial charge on any atom is 0.373 e. The van der Waals surface area contributed by atoms with Crippen molar-refractivity contribution in [1.82, 2.24) is 19.9 Å². The topological polar surface area (TPSA) is 116 Å². The Morgan fingerprint density at radius 1 is 1.04 bits per heavy atom. The lowest BCUT2D eigenvalue weighted by molar-refractivity contribution is -0.385. The summed E-state index contributed by atoms with van der Waals surface area (Å²) in [5.74, 6) is 0.164. The largest absolute Gasteiger partial charge is 0.431 e. The number of rotatable bonds is 5. The van der Waals surface area contributed by atoms with E-state index in [1.807, 2.05) is 6.07 Å². The summed E-state index contributed by atoms with van der Waals surface area (Å²) in [5.41, 5.74) is 0.762. The summed E-state index contributed by atoms with van der Waals surface area (Å²) < 4.78 is 6.62. The Kier molecular flexibility index (Phi) is 4.77. The second-order valence-electron chi connectivity index (χ2n) is 5.54. The predicted molar refractivity (Wildman–Crippen MR) is 106 cm³/mol. The second kappa shape index (κ2) is 7.53. The molecule has 0 fully saturated rings. The minimum absolute atomic E-state index is 0.00979. The zero-order valence-electron chi connectivity index (χ0n) is 14.1. The SMILES string of the molecule is O=[N+]([O-])c1c(Nc2ccncc2)ncnc1Oc1ccc(Br)c2cccnc12. The summed E-state index contributed by atoms with van der Waals surface area (Å²) in [7, 11) is 0. The van der Waals surface area contributed by atoms with Crippen molar-refractivity contribution in [2.75, 3.05) is 5.32 Å². The molecule has 0 unspecified atom stereocenters. The van der Waals surface area contributed by atoms with Gasteiger partial charge in [0.25, 0.3) is 0 Å². The third kappa shape index (κ3) is 3.45. The first-order valence-corrected chi connectivity index (χ1v) is 8.80. The summed E-state index contributed by atoms with van der Waals surface area (Å²) in [5, 5.41) is 15.4. The van der Waals surface area contributed by atoms with Gasteiger partial charge in [0.15, 0.2) is 5.75 Å². The lowest BCUT2D eigenvalue weighted by atomic mass is 10.2. The molecule has 1 aromatic carbocycles. The van der Waals surface area contributed by atoms with Gasteiger partial charge in [-0.2, -0.15) is 4.98 Å². The molecule has 4 aromatic rings. The van der Waals surface area contributed by atoms with Gasteiger partial charge in [-0.1, -0.05) is 22.0 Å². The van der Waals surface area contributed by atoms with Gasteiger partial charge in [-0.15, -0.1) is 0 Å². The van der Waals surface area contributed by atoms with Crippen LogP contribution in [0, 0.1) is 10.1 Å². The summed E-state index contributed by atoms with van der Waals surface area (Å²) in [6, 6.07) is 10.4. The van der Waals surface area contributed by atoms with Gasteiger partial charge < -0.3 is 10.1 Å². The molecular formula is C18H11BrN6O3. The highest BCUT2D eigenvalue weighted by Crippen LogP contribution is 2.38. The second-order valence-corrected chi connectivity index (χ2v) is 6.40. The molecule has 0 bridgehead atoms. The van der Waals surface area contributed by atoms with E-state index < -0.39 is 4.92 Å². The number of fused-ring (bicyclic) bond motifs is 1. The number of nitro groups is 1. The van der Waals surface area contributed by atoms with Crippen LogP contribution in [0.5, 0.6) is 11.6 Å². The lowest BCUT2D eigenvalue weighted by Gasteiger charge is -2.11. The Hall–Kier alpha value is -3.66. The van der Waals surface area contributed by atoms with Gasteiger partial charge in [-0.25, -0.2) is 4.98 Å². The molecule has 138 valence electrons. The smallest absolute Gasteiger partial charge is 0.373 e. The fourth-order valence-electron chi connectivity index (χ4n) is 2.56. The quantitative estimate of drug-likeness (QED) is 0.354. The van der Waals surface area contributed by atoms with Gasteiger partial charge in [-0.05, 0) is 30.3 Å². The van der Waals surface area contributed by atoms with Gasteiger partial charge >= 0.3 is 11.6 Å². The standard InChI is InChI=1S/C18H11BrN6O3/c19-13-3-4-14(15-12(13)2-1-7-21-15)28-18-16(25(26)27)17(22-10-23-18)24-11-5-8-20-9-6-11/h1-10H,(H,20,22,23,24). The van der Waals surface area contributed by atoms with E-state index >= 15 is 0 Å². The number of hydrogen-bond donors (Lipinski definition) is 1. The van der Waals surface area contributed by atoms with Crippen LogP contribution in [0.25, 0.3) is 10.9 Å². The molecule has 4 rings (SSSR count). The maximum absolute atomic E-state index is 11.7. The molecule has 0 radical (unpaired) electrons. The molecule has 1 N–H and O–H groups in total. The monoisotopic (exact) mass is 438 g/mol. The number of anilines is 2. The van der Waals surface area contributed by atoms with Gasteiger partial charge in [0.1, 0.15) is 11.8 Å². The Morgan fingerprint density at radius 3 is 2.64 bits per heavy atom.